The van der Waals surface area contributed by atoms with Crippen molar-refractivity contribution in [1.82, 2.24) is 5.32 Å². The van der Waals surface area contributed by atoms with Gasteiger partial charge in [0.25, 0.3) is 0 Å². The van der Waals surface area contributed by atoms with Gasteiger partial charge in [-0.25, -0.2) is 0 Å². The molecule has 50 valence electrons. The number of rotatable bonds is 3. The fourth-order valence-corrected chi connectivity index (χ4v) is 0.428. The highest BCUT2D eigenvalue weighted by Gasteiger charge is 1.78. The van der Waals surface area contributed by atoms with E-state index in [1.54, 1.807) is 25.4 Å². The molecule has 3 heteroatoms. The lowest BCUT2D eigenvalue weighted by molar-refractivity contribution is -0.104. The van der Waals surface area contributed by atoms with E-state index >= 15 is 0 Å². The van der Waals surface area contributed by atoms with Crippen LogP contribution in [0.15, 0.2) is 22.8 Å². The van der Waals surface area contributed by atoms with Crippen molar-refractivity contribution in [3.8, 4) is 0 Å². The van der Waals surface area contributed by atoms with Gasteiger partial charge < -0.3 is 5.32 Å². The first-order valence-electron chi connectivity index (χ1n) is 2.46. The van der Waals surface area contributed by atoms with Gasteiger partial charge in [-0.1, -0.05) is 0 Å². The van der Waals surface area contributed by atoms with E-state index in [1.165, 1.54) is 0 Å². The first kappa shape index (κ1) is 8.43. The molecule has 0 radical (unpaired) electrons. The molecule has 9 heavy (non-hydrogen) atoms. The van der Waals surface area contributed by atoms with Crippen molar-refractivity contribution in [3.05, 3.63) is 22.8 Å². The second-order valence-corrected chi connectivity index (χ2v) is 2.23. The summed E-state index contributed by atoms with van der Waals surface area (Å²) in [6.07, 6.45) is 5.85. The zero-order chi connectivity index (χ0) is 7.11. The van der Waals surface area contributed by atoms with E-state index < -0.39 is 0 Å². The highest BCUT2D eigenvalue weighted by Crippen LogP contribution is 1.98. The van der Waals surface area contributed by atoms with Crippen molar-refractivity contribution in [2.75, 3.05) is 7.05 Å². The van der Waals surface area contributed by atoms with Crippen molar-refractivity contribution in [3.63, 3.8) is 0 Å². The third-order valence-corrected chi connectivity index (χ3v) is 1.08. The fraction of sp³-hybridized carbons (Fsp3) is 0.167. The summed E-state index contributed by atoms with van der Waals surface area (Å²) in [4.78, 5) is 9.93. The number of halogens is 1. The standard InChI is InChI=1S/C6H8BrNO/c1-8-4-2-3-6(7)5-9/h2-5,8H,1H3/b4-2-,6-3+. The molecule has 0 fully saturated rings. The lowest BCUT2D eigenvalue weighted by Gasteiger charge is -1.80. The monoisotopic (exact) mass is 189 g/mol. The van der Waals surface area contributed by atoms with Crippen LogP contribution in [0.2, 0.25) is 0 Å². The number of hydrogen-bond acceptors (Lipinski definition) is 2. The third kappa shape index (κ3) is 5.30. The Morgan fingerprint density at radius 3 is 2.78 bits per heavy atom. The first-order chi connectivity index (χ1) is 4.31. The van der Waals surface area contributed by atoms with Crippen LogP contribution in [0, 0.1) is 0 Å². The van der Waals surface area contributed by atoms with Gasteiger partial charge in [0.1, 0.15) is 0 Å². The molecule has 0 saturated carbocycles. The third-order valence-electron chi connectivity index (χ3n) is 0.631. The SMILES string of the molecule is CN/C=C\C=C(\Br)C=O. The topological polar surface area (TPSA) is 29.1 Å². The van der Waals surface area contributed by atoms with Gasteiger partial charge in [-0.05, 0) is 34.3 Å². The number of carbonyl (C=O) groups excluding carboxylic acids is 1. The minimum atomic E-state index is 0.536. The minimum absolute atomic E-state index is 0.536. The summed E-state index contributed by atoms with van der Waals surface area (Å²) in [7, 11) is 1.79. The Balaban J connectivity index is 3.68. The van der Waals surface area contributed by atoms with Crippen molar-refractivity contribution >= 4 is 22.2 Å². The van der Waals surface area contributed by atoms with Crippen LogP contribution in [-0.4, -0.2) is 13.3 Å². The Bertz CT molecular complexity index is 140. The summed E-state index contributed by atoms with van der Waals surface area (Å²) in [5, 5.41) is 2.79. The molecule has 0 aliphatic heterocycles. The summed E-state index contributed by atoms with van der Waals surface area (Å²) >= 11 is 3.02. The van der Waals surface area contributed by atoms with Gasteiger partial charge in [0.2, 0.25) is 0 Å². The van der Waals surface area contributed by atoms with Crippen LogP contribution in [0.1, 0.15) is 0 Å². The summed E-state index contributed by atoms with van der Waals surface area (Å²) in [5.74, 6) is 0. The predicted octanol–water partition coefficient (Wildman–Crippen LogP) is 1.20. The minimum Gasteiger partial charge on any atom is -0.394 e. The van der Waals surface area contributed by atoms with E-state index in [2.05, 4.69) is 21.2 Å². The molecule has 0 aromatic carbocycles. The zero-order valence-corrected chi connectivity index (χ0v) is 6.68. The average Bonchev–Trinajstić information content (AvgIpc) is 1.89. The molecule has 0 bridgehead atoms. The molecule has 0 spiro atoms. The predicted molar refractivity (Wildman–Crippen MR) is 41.3 cm³/mol. The number of allylic oxidation sites excluding steroid dienone is 3. The summed E-state index contributed by atoms with van der Waals surface area (Å²) in [5.41, 5.74) is 0. The maximum Gasteiger partial charge on any atom is 0.157 e. The van der Waals surface area contributed by atoms with Crippen LogP contribution in [0.4, 0.5) is 0 Å². The van der Waals surface area contributed by atoms with Crippen molar-refractivity contribution in [2.24, 2.45) is 0 Å². The van der Waals surface area contributed by atoms with Gasteiger partial charge in [-0.3, -0.25) is 4.79 Å². The molecule has 0 unspecified atom stereocenters. The Labute approximate surface area is 62.8 Å². The largest absolute Gasteiger partial charge is 0.394 e. The normalized spacial score (nSPS) is 12.0. The molecular weight excluding hydrogens is 182 g/mol. The molecule has 0 aliphatic carbocycles. The highest BCUT2D eigenvalue weighted by molar-refractivity contribution is 9.12. The van der Waals surface area contributed by atoms with Crippen LogP contribution >= 0.6 is 15.9 Å². The lowest BCUT2D eigenvalue weighted by Crippen LogP contribution is -1.89. The van der Waals surface area contributed by atoms with Gasteiger partial charge >= 0.3 is 0 Å². The summed E-state index contributed by atoms with van der Waals surface area (Å²) < 4.78 is 0.536. The number of nitrogens with one attached hydrogen (secondary N) is 1. The van der Waals surface area contributed by atoms with Gasteiger partial charge in [0, 0.05) is 7.05 Å². The van der Waals surface area contributed by atoms with E-state index in [1.807, 2.05) is 0 Å². The Hall–Kier alpha value is -0.570. The van der Waals surface area contributed by atoms with E-state index in [0.29, 0.717) is 4.48 Å². The average molecular weight is 190 g/mol. The van der Waals surface area contributed by atoms with E-state index in [9.17, 15) is 4.79 Å². The first-order valence-corrected chi connectivity index (χ1v) is 3.25. The molecule has 0 atom stereocenters. The molecule has 0 heterocycles. The second kappa shape index (κ2) is 5.56. The molecule has 0 rings (SSSR count). The van der Waals surface area contributed by atoms with Crippen LogP contribution in [0.3, 0.4) is 0 Å². The molecule has 0 saturated heterocycles. The molecular formula is C6H8BrNO. The molecule has 0 aromatic heterocycles. The van der Waals surface area contributed by atoms with Gasteiger partial charge in [-0.2, -0.15) is 0 Å². The van der Waals surface area contributed by atoms with Gasteiger partial charge in [-0.15, -0.1) is 0 Å². The van der Waals surface area contributed by atoms with Gasteiger partial charge in [0.05, 0.1) is 4.48 Å². The fourth-order valence-electron chi connectivity index (χ4n) is 0.276. The summed E-state index contributed by atoms with van der Waals surface area (Å²) in [6, 6.07) is 0. The van der Waals surface area contributed by atoms with E-state index in [-0.39, 0.29) is 0 Å². The van der Waals surface area contributed by atoms with Crippen LogP contribution < -0.4 is 5.32 Å². The maximum absolute atomic E-state index is 9.93. The Morgan fingerprint density at radius 2 is 2.33 bits per heavy atom. The van der Waals surface area contributed by atoms with Crippen LogP contribution in [-0.2, 0) is 4.79 Å². The smallest absolute Gasteiger partial charge is 0.157 e. The van der Waals surface area contributed by atoms with Crippen molar-refractivity contribution < 1.29 is 4.79 Å². The van der Waals surface area contributed by atoms with E-state index in [0.717, 1.165) is 6.29 Å². The van der Waals surface area contributed by atoms with E-state index in [4.69, 9.17) is 0 Å². The highest BCUT2D eigenvalue weighted by atomic mass is 79.9. The van der Waals surface area contributed by atoms with Crippen LogP contribution in [0.5, 0.6) is 0 Å². The van der Waals surface area contributed by atoms with Crippen molar-refractivity contribution in [1.29, 1.82) is 0 Å². The molecule has 0 aromatic rings. The second-order valence-electron chi connectivity index (χ2n) is 1.32. The molecule has 1 N–H and O–H groups in total. The van der Waals surface area contributed by atoms with Crippen molar-refractivity contribution in [2.45, 2.75) is 0 Å². The molecule has 0 amide bonds. The summed E-state index contributed by atoms with van der Waals surface area (Å²) in [6.45, 7) is 0. The Morgan fingerprint density at radius 1 is 1.67 bits per heavy atom. The zero-order valence-electron chi connectivity index (χ0n) is 5.10. The quantitative estimate of drug-likeness (QED) is 0.411. The molecule has 0 aliphatic rings. The number of carbonyl (C=O) groups is 1. The number of aldehydes is 1. The Kier molecular flexibility index (Phi) is 5.21. The molecule has 2 nitrogen and oxygen atoms in total. The van der Waals surface area contributed by atoms with Crippen LogP contribution in [0.25, 0.3) is 0 Å². The van der Waals surface area contributed by atoms with Gasteiger partial charge in [0.15, 0.2) is 6.29 Å². The maximum atomic E-state index is 9.93. The lowest BCUT2D eigenvalue weighted by atomic mass is 10.5. The number of hydrogen-bond donors (Lipinski definition) is 1.